The van der Waals surface area contributed by atoms with Crippen LogP contribution in [-0.2, 0) is 9.47 Å². The minimum Gasteiger partial charge on any atom is -0.491 e. The van der Waals surface area contributed by atoms with Crippen molar-refractivity contribution in [3.63, 3.8) is 0 Å². The minimum atomic E-state index is -0.910. The van der Waals surface area contributed by atoms with E-state index in [1.165, 1.54) is 0 Å². The molecule has 20 heavy (non-hydrogen) atoms. The van der Waals surface area contributed by atoms with Crippen molar-refractivity contribution in [3.8, 4) is 5.75 Å². The number of halogens is 1. The van der Waals surface area contributed by atoms with E-state index in [4.69, 9.17) is 14.2 Å². The smallest absolute Gasteiger partial charge is 0.119 e. The molecule has 1 aromatic carbocycles. The van der Waals surface area contributed by atoms with Crippen molar-refractivity contribution >= 4 is 15.9 Å². The molecule has 112 valence electrons. The van der Waals surface area contributed by atoms with Crippen molar-refractivity contribution in [3.05, 3.63) is 28.7 Å². The van der Waals surface area contributed by atoms with Crippen molar-refractivity contribution < 1.29 is 24.4 Å². The first kappa shape index (κ1) is 15.7. The summed E-state index contributed by atoms with van der Waals surface area (Å²) in [6, 6.07) is 7.37. The first-order valence-corrected chi connectivity index (χ1v) is 7.31. The molecule has 0 amide bonds. The summed E-state index contributed by atoms with van der Waals surface area (Å²) < 4.78 is 16.8. The molecule has 0 aromatic heterocycles. The molecule has 1 unspecified atom stereocenters. The van der Waals surface area contributed by atoms with Crippen LogP contribution in [0.1, 0.15) is 6.42 Å². The van der Waals surface area contributed by atoms with Gasteiger partial charge in [0.25, 0.3) is 0 Å². The second-order valence-corrected chi connectivity index (χ2v) is 5.88. The van der Waals surface area contributed by atoms with Crippen molar-refractivity contribution in [2.45, 2.75) is 18.1 Å². The molecule has 1 aliphatic heterocycles. The van der Waals surface area contributed by atoms with E-state index in [1.54, 1.807) is 0 Å². The lowest BCUT2D eigenvalue weighted by molar-refractivity contribution is -0.0717. The van der Waals surface area contributed by atoms with Gasteiger partial charge in [-0.05, 0) is 24.3 Å². The highest BCUT2D eigenvalue weighted by molar-refractivity contribution is 9.10. The van der Waals surface area contributed by atoms with E-state index in [1.807, 2.05) is 24.3 Å². The van der Waals surface area contributed by atoms with Crippen LogP contribution in [0.25, 0.3) is 0 Å². The van der Waals surface area contributed by atoms with Gasteiger partial charge in [-0.2, -0.15) is 0 Å². The quantitative estimate of drug-likeness (QED) is 0.780. The van der Waals surface area contributed by atoms with E-state index in [0.29, 0.717) is 25.4 Å². The van der Waals surface area contributed by atoms with Crippen LogP contribution in [0.3, 0.4) is 0 Å². The van der Waals surface area contributed by atoms with Gasteiger partial charge >= 0.3 is 0 Å². The van der Waals surface area contributed by atoms with Gasteiger partial charge < -0.3 is 24.4 Å². The van der Waals surface area contributed by atoms with Crippen LogP contribution in [-0.4, -0.2) is 55.0 Å². The normalized spacial score (nSPS) is 23.8. The maximum atomic E-state index is 9.97. The van der Waals surface area contributed by atoms with Gasteiger partial charge in [0, 0.05) is 17.5 Å². The second kappa shape index (κ2) is 7.38. The molecular formula is C14H19BrO5. The van der Waals surface area contributed by atoms with E-state index >= 15 is 0 Å². The Labute approximate surface area is 126 Å². The molecule has 0 aliphatic carbocycles. The van der Waals surface area contributed by atoms with Crippen LogP contribution in [0, 0.1) is 0 Å². The van der Waals surface area contributed by atoms with Gasteiger partial charge in [-0.3, -0.25) is 0 Å². The molecule has 1 fully saturated rings. The Morgan fingerprint density at radius 2 is 2.05 bits per heavy atom. The highest BCUT2D eigenvalue weighted by Gasteiger charge is 2.32. The molecule has 0 bridgehead atoms. The summed E-state index contributed by atoms with van der Waals surface area (Å²) in [5.74, 6) is 0.690. The minimum absolute atomic E-state index is 0.124. The van der Waals surface area contributed by atoms with E-state index in [9.17, 15) is 10.2 Å². The van der Waals surface area contributed by atoms with E-state index in [2.05, 4.69) is 15.9 Å². The molecule has 0 spiro atoms. The third-order valence-electron chi connectivity index (χ3n) is 3.02. The summed E-state index contributed by atoms with van der Waals surface area (Å²) in [6.07, 6.45) is -0.164. The van der Waals surface area contributed by atoms with Crippen molar-refractivity contribution in [1.29, 1.82) is 0 Å². The van der Waals surface area contributed by atoms with Gasteiger partial charge in [-0.1, -0.05) is 15.9 Å². The molecule has 2 N–H and O–H groups in total. The molecule has 1 aliphatic rings. The first-order valence-electron chi connectivity index (χ1n) is 6.52. The Kier molecular flexibility index (Phi) is 5.80. The summed E-state index contributed by atoms with van der Waals surface area (Å²) in [5, 5.41) is 19.7. The molecule has 1 heterocycles. The lowest BCUT2D eigenvalue weighted by atomic mass is 10.1. The number of hydrogen-bond donors (Lipinski definition) is 2. The average molecular weight is 347 g/mol. The Morgan fingerprint density at radius 1 is 1.30 bits per heavy atom. The monoisotopic (exact) mass is 346 g/mol. The average Bonchev–Trinajstić information content (AvgIpc) is 2.85. The highest BCUT2D eigenvalue weighted by Crippen LogP contribution is 2.19. The van der Waals surface area contributed by atoms with E-state index in [0.717, 1.165) is 4.47 Å². The molecular weight excluding hydrogens is 328 g/mol. The number of ether oxygens (including phenoxy) is 3. The SMILES string of the molecule is O[C@H](COCC1(O)CCOC1)COc1ccc(Br)cc1. The maximum absolute atomic E-state index is 9.97. The zero-order valence-corrected chi connectivity index (χ0v) is 12.7. The molecule has 0 radical (unpaired) electrons. The molecule has 1 aromatic rings. The van der Waals surface area contributed by atoms with Crippen LogP contribution in [0.5, 0.6) is 5.75 Å². The molecule has 6 heteroatoms. The number of aliphatic hydroxyl groups excluding tert-OH is 1. The zero-order chi connectivity index (χ0) is 14.4. The van der Waals surface area contributed by atoms with Gasteiger partial charge in [-0.25, -0.2) is 0 Å². The Balaban J connectivity index is 1.62. The number of aliphatic hydroxyl groups is 2. The second-order valence-electron chi connectivity index (χ2n) is 4.96. The van der Waals surface area contributed by atoms with Crippen LogP contribution in [0.15, 0.2) is 28.7 Å². The number of benzene rings is 1. The molecule has 2 rings (SSSR count). The van der Waals surface area contributed by atoms with Gasteiger partial charge in [0.2, 0.25) is 0 Å². The summed E-state index contributed by atoms with van der Waals surface area (Å²) in [5.41, 5.74) is -0.910. The Morgan fingerprint density at radius 3 is 2.70 bits per heavy atom. The fourth-order valence-electron chi connectivity index (χ4n) is 1.87. The van der Waals surface area contributed by atoms with Gasteiger partial charge in [-0.15, -0.1) is 0 Å². The van der Waals surface area contributed by atoms with Crippen LogP contribution < -0.4 is 4.74 Å². The van der Waals surface area contributed by atoms with Crippen molar-refractivity contribution in [2.24, 2.45) is 0 Å². The van der Waals surface area contributed by atoms with Crippen molar-refractivity contribution in [2.75, 3.05) is 33.0 Å². The summed E-state index contributed by atoms with van der Waals surface area (Å²) in [6.45, 7) is 1.28. The standard InChI is InChI=1S/C14H19BrO5/c15-11-1-3-13(4-2-11)20-8-12(16)7-19-10-14(17)5-6-18-9-14/h1-4,12,16-17H,5-10H2/t12-,14?/m1/s1. The number of rotatable bonds is 7. The third kappa shape index (κ3) is 5.03. The lowest BCUT2D eigenvalue weighted by Crippen LogP contribution is -2.36. The van der Waals surface area contributed by atoms with E-state index < -0.39 is 11.7 Å². The first-order chi connectivity index (χ1) is 9.57. The third-order valence-corrected chi connectivity index (χ3v) is 3.55. The highest BCUT2D eigenvalue weighted by atomic mass is 79.9. The Bertz CT molecular complexity index is 403. The molecule has 0 saturated carbocycles. The fourth-order valence-corrected chi connectivity index (χ4v) is 2.13. The van der Waals surface area contributed by atoms with Crippen LogP contribution in [0.4, 0.5) is 0 Å². The zero-order valence-electron chi connectivity index (χ0n) is 11.1. The molecule has 5 nitrogen and oxygen atoms in total. The summed E-state index contributed by atoms with van der Waals surface area (Å²) in [7, 11) is 0. The van der Waals surface area contributed by atoms with Crippen LogP contribution >= 0.6 is 15.9 Å². The predicted octanol–water partition coefficient (Wildman–Crippen LogP) is 1.36. The van der Waals surface area contributed by atoms with E-state index in [-0.39, 0.29) is 19.8 Å². The van der Waals surface area contributed by atoms with Gasteiger partial charge in [0.15, 0.2) is 0 Å². The largest absolute Gasteiger partial charge is 0.491 e. The summed E-state index contributed by atoms with van der Waals surface area (Å²) >= 11 is 3.34. The summed E-state index contributed by atoms with van der Waals surface area (Å²) in [4.78, 5) is 0. The van der Waals surface area contributed by atoms with Gasteiger partial charge in [0.1, 0.15) is 24.1 Å². The predicted molar refractivity (Wildman–Crippen MR) is 76.8 cm³/mol. The molecule has 1 saturated heterocycles. The lowest BCUT2D eigenvalue weighted by Gasteiger charge is -2.21. The fraction of sp³-hybridized carbons (Fsp3) is 0.571. The maximum Gasteiger partial charge on any atom is 0.119 e. The van der Waals surface area contributed by atoms with Crippen LogP contribution in [0.2, 0.25) is 0 Å². The van der Waals surface area contributed by atoms with Crippen molar-refractivity contribution in [1.82, 2.24) is 0 Å². The Hall–Kier alpha value is -0.660. The number of hydrogen-bond acceptors (Lipinski definition) is 5. The topological polar surface area (TPSA) is 68.2 Å². The van der Waals surface area contributed by atoms with Gasteiger partial charge in [0.05, 0.1) is 19.8 Å². The molecule has 2 atom stereocenters.